The van der Waals surface area contributed by atoms with E-state index in [4.69, 9.17) is 9.47 Å². The van der Waals surface area contributed by atoms with Crippen molar-refractivity contribution >= 4 is 11.6 Å². The van der Waals surface area contributed by atoms with Crippen molar-refractivity contribution in [3.63, 3.8) is 0 Å². The molecule has 0 bridgehead atoms. The molecule has 0 unspecified atom stereocenters. The van der Waals surface area contributed by atoms with Gasteiger partial charge >= 0.3 is 0 Å². The van der Waals surface area contributed by atoms with Crippen LogP contribution in [0.2, 0.25) is 0 Å². The van der Waals surface area contributed by atoms with Gasteiger partial charge in [-0.2, -0.15) is 0 Å². The number of ketones is 2. The van der Waals surface area contributed by atoms with E-state index in [2.05, 4.69) is 23.6 Å². The van der Waals surface area contributed by atoms with E-state index in [1.165, 1.54) is 51.4 Å². The van der Waals surface area contributed by atoms with Gasteiger partial charge in [0.2, 0.25) is 0 Å². The molecule has 242 valence electrons. The van der Waals surface area contributed by atoms with Crippen molar-refractivity contribution < 1.29 is 19.1 Å². The maximum atomic E-state index is 14.1. The van der Waals surface area contributed by atoms with Crippen LogP contribution in [0, 0.1) is 11.8 Å². The lowest BCUT2D eigenvalue weighted by Crippen LogP contribution is -2.37. The Bertz CT molecular complexity index is 1010. The Morgan fingerprint density at radius 2 is 0.909 bits per heavy atom. The largest absolute Gasteiger partial charge is 0.494 e. The average molecular weight is 605 g/mol. The highest BCUT2D eigenvalue weighted by molar-refractivity contribution is 5.99. The van der Waals surface area contributed by atoms with E-state index >= 15 is 0 Å². The molecule has 2 atom stereocenters. The van der Waals surface area contributed by atoms with Gasteiger partial charge in [-0.3, -0.25) is 9.59 Å². The number of carbonyl (C=O) groups excluding carboxylic acids is 2. The number of ether oxygens (including phenoxy) is 2. The number of Topliss-reactive ketones (excluding diaryl/α,β-unsaturated/α-hetero) is 2. The van der Waals surface area contributed by atoms with Crippen LogP contribution in [0.1, 0.15) is 112 Å². The normalized spacial score (nSPS) is 18.1. The van der Waals surface area contributed by atoms with Gasteiger partial charge in [0, 0.05) is 36.1 Å². The zero-order valence-corrected chi connectivity index (χ0v) is 27.4. The van der Waals surface area contributed by atoms with Crippen molar-refractivity contribution in [2.24, 2.45) is 11.8 Å². The standard InChI is InChI=1S/C38H56N2O4/c1-3-27-43-35-19-15-31(16-20-35)37(41)33(29-39-23-9-5-6-10-24-39)13-14-34(30-40-25-11-7-8-12-26-40)38(42)32-17-21-36(22-18-32)44-28-4-2/h15-22,33-34H,3-14,23-30H2,1-2H3/t33-,34-/m0/s1. The third-order valence-corrected chi connectivity index (χ3v) is 9.18. The van der Waals surface area contributed by atoms with E-state index in [-0.39, 0.29) is 23.4 Å². The molecule has 0 aromatic heterocycles. The number of rotatable bonds is 17. The van der Waals surface area contributed by atoms with E-state index in [0.29, 0.717) is 26.1 Å². The van der Waals surface area contributed by atoms with Crippen LogP contribution < -0.4 is 9.47 Å². The first-order chi connectivity index (χ1) is 21.6. The molecule has 0 aliphatic carbocycles. The van der Waals surface area contributed by atoms with Crippen molar-refractivity contribution in [1.82, 2.24) is 9.80 Å². The minimum absolute atomic E-state index is 0.139. The highest BCUT2D eigenvalue weighted by atomic mass is 16.5. The fraction of sp³-hybridized carbons (Fsp3) is 0.632. The van der Waals surface area contributed by atoms with Crippen LogP contribution >= 0.6 is 0 Å². The van der Waals surface area contributed by atoms with Crippen LogP contribution in [0.3, 0.4) is 0 Å². The Morgan fingerprint density at radius 1 is 0.568 bits per heavy atom. The fourth-order valence-electron chi connectivity index (χ4n) is 6.62. The molecule has 6 nitrogen and oxygen atoms in total. The Labute approximate surface area is 266 Å². The lowest BCUT2D eigenvalue weighted by molar-refractivity contribution is 0.0810. The van der Waals surface area contributed by atoms with Crippen LogP contribution in [0.4, 0.5) is 0 Å². The number of hydrogen-bond donors (Lipinski definition) is 0. The molecule has 0 amide bonds. The van der Waals surface area contributed by atoms with Gasteiger partial charge in [0.15, 0.2) is 11.6 Å². The molecule has 2 aromatic carbocycles. The van der Waals surface area contributed by atoms with Crippen molar-refractivity contribution in [2.45, 2.75) is 90.9 Å². The molecular formula is C38H56N2O4. The maximum Gasteiger partial charge on any atom is 0.167 e. The highest BCUT2D eigenvalue weighted by Crippen LogP contribution is 2.26. The van der Waals surface area contributed by atoms with E-state index in [0.717, 1.165) is 74.7 Å². The molecule has 2 aromatic rings. The van der Waals surface area contributed by atoms with Gasteiger partial charge in [-0.15, -0.1) is 0 Å². The summed E-state index contributed by atoms with van der Waals surface area (Å²) >= 11 is 0. The van der Waals surface area contributed by atoms with Crippen molar-refractivity contribution in [3.8, 4) is 11.5 Å². The number of carbonyl (C=O) groups is 2. The second kappa shape index (κ2) is 19.0. The summed E-state index contributed by atoms with van der Waals surface area (Å²) in [4.78, 5) is 33.1. The topological polar surface area (TPSA) is 59.1 Å². The maximum absolute atomic E-state index is 14.1. The summed E-state index contributed by atoms with van der Waals surface area (Å²) in [5, 5.41) is 0. The Hall–Kier alpha value is -2.70. The smallest absolute Gasteiger partial charge is 0.167 e. The molecule has 44 heavy (non-hydrogen) atoms. The number of benzene rings is 2. The van der Waals surface area contributed by atoms with Crippen LogP contribution in [0.25, 0.3) is 0 Å². The molecule has 2 fully saturated rings. The lowest BCUT2D eigenvalue weighted by atomic mass is 9.86. The Kier molecular flexibility index (Phi) is 14.7. The first kappa shape index (κ1) is 34.2. The Balaban J connectivity index is 1.52. The lowest BCUT2D eigenvalue weighted by Gasteiger charge is -2.29. The molecule has 0 radical (unpaired) electrons. The summed E-state index contributed by atoms with van der Waals surface area (Å²) in [6, 6.07) is 15.4. The number of hydrogen-bond acceptors (Lipinski definition) is 6. The molecule has 0 N–H and O–H groups in total. The molecule has 0 saturated carbocycles. The molecule has 2 heterocycles. The second-order valence-electron chi connectivity index (χ2n) is 12.9. The highest BCUT2D eigenvalue weighted by Gasteiger charge is 2.29. The zero-order valence-electron chi connectivity index (χ0n) is 27.4. The number of likely N-dealkylation sites (tertiary alicyclic amines) is 2. The monoisotopic (exact) mass is 604 g/mol. The van der Waals surface area contributed by atoms with E-state index in [9.17, 15) is 9.59 Å². The van der Waals surface area contributed by atoms with Crippen LogP contribution in [-0.2, 0) is 0 Å². The van der Waals surface area contributed by atoms with Gasteiger partial charge in [-0.05, 0) is 126 Å². The summed E-state index contributed by atoms with van der Waals surface area (Å²) < 4.78 is 11.5. The molecular weight excluding hydrogens is 548 g/mol. The fourth-order valence-corrected chi connectivity index (χ4v) is 6.62. The molecule has 0 spiro atoms. The molecule has 2 aliphatic heterocycles. The van der Waals surface area contributed by atoms with Crippen LogP contribution in [0.5, 0.6) is 11.5 Å². The van der Waals surface area contributed by atoms with E-state index < -0.39 is 0 Å². The zero-order chi connectivity index (χ0) is 31.0. The third-order valence-electron chi connectivity index (χ3n) is 9.18. The van der Waals surface area contributed by atoms with Crippen LogP contribution in [0.15, 0.2) is 48.5 Å². The summed E-state index contributed by atoms with van der Waals surface area (Å²) in [5.41, 5.74) is 1.48. The van der Waals surface area contributed by atoms with Gasteiger partial charge in [-0.25, -0.2) is 0 Å². The first-order valence-electron chi connectivity index (χ1n) is 17.6. The summed E-state index contributed by atoms with van der Waals surface area (Å²) in [7, 11) is 0. The average Bonchev–Trinajstić information content (AvgIpc) is 3.49. The summed E-state index contributed by atoms with van der Waals surface area (Å²) in [6.07, 6.45) is 13.2. The minimum Gasteiger partial charge on any atom is -0.494 e. The first-order valence-corrected chi connectivity index (χ1v) is 17.6. The second-order valence-corrected chi connectivity index (χ2v) is 12.9. The Morgan fingerprint density at radius 3 is 1.23 bits per heavy atom. The van der Waals surface area contributed by atoms with Gasteiger partial charge in [0.1, 0.15) is 11.5 Å². The van der Waals surface area contributed by atoms with E-state index in [1.807, 2.05) is 48.5 Å². The predicted molar refractivity (Wildman–Crippen MR) is 179 cm³/mol. The SMILES string of the molecule is CCCOc1ccc(C(=O)[C@@H](CC[C@@H](CN2CCCCCC2)C(=O)c2ccc(OCCC)cc2)CN2CCCCCC2)cc1. The molecule has 2 saturated heterocycles. The molecule has 6 heteroatoms. The van der Waals surface area contributed by atoms with E-state index in [1.54, 1.807) is 0 Å². The minimum atomic E-state index is -0.139. The van der Waals surface area contributed by atoms with Crippen molar-refractivity contribution in [2.75, 3.05) is 52.5 Å². The van der Waals surface area contributed by atoms with Gasteiger partial charge in [0.05, 0.1) is 13.2 Å². The molecule has 2 aliphatic rings. The summed E-state index contributed by atoms with van der Waals surface area (Å²) in [5.74, 6) is 1.72. The number of nitrogens with zero attached hydrogens (tertiary/aromatic N) is 2. The van der Waals surface area contributed by atoms with Crippen molar-refractivity contribution in [1.29, 1.82) is 0 Å². The quantitative estimate of drug-likeness (QED) is 0.170. The van der Waals surface area contributed by atoms with Crippen molar-refractivity contribution in [3.05, 3.63) is 59.7 Å². The third kappa shape index (κ3) is 11.0. The molecule has 4 rings (SSSR count). The summed E-state index contributed by atoms with van der Waals surface area (Å²) in [6.45, 7) is 11.3. The van der Waals surface area contributed by atoms with Gasteiger partial charge in [0.25, 0.3) is 0 Å². The van der Waals surface area contributed by atoms with Gasteiger partial charge in [-0.1, -0.05) is 39.5 Å². The van der Waals surface area contributed by atoms with Gasteiger partial charge < -0.3 is 19.3 Å². The van der Waals surface area contributed by atoms with Crippen LogP contribution in [-0.4, -0.2) is 73.8 Å². The predicted octanol–water partition coefficient (Wildman–Crippen LogP) is 8.09.